The van der Waals surface area contributed by atoms with Crippen molar-refractivity contribution in [3.05, 3.63) is 34.9 Å². The van der Waals surface area contributed by atoms with Gasteiger partial charge < -0.3 is 0 Å². The number of hydrogen-bond donors (Lipinski definition) is 0. The molecule has 1 fully saturated rings. The molecule has 1 aliphatic rings. The monoisotopic (exact) mass is 250 g/mol. The Bertz CT molecular complexity index is 393. The highest BCUT2D eigenvalue weighted by molar-refractivity contribution is 6.30. The first-order chi connectivity index (χ1) is 8.16. The van der Waals surface area contributed by atoms with Gasteiger partial charge in [0, 0.05) is 17.1 Å². The van der Waals surface area contributed by atoms with E-state index in [2.05, 4.69) is 24.0 Å². The summed E-state index contributed by atoms with van der Waals surface area (Å²) in [5, 5.41) is 7.58. The summed E-state index contributed by atoms with van der Waals surface area (Å²) < 4.78 is 0. The van der Waals surface area contributed by atoms with Crippen LogP contribution in [0.25, 0.3) is 0 Å². The highest BCUT2D eigenvalue weighted by Crippen LogP contribution is 2.22. The molecule has 0 aromatic heterocycles. The van der Waals surface area contributed by atoms with Crippen molar-refractivity contribution < 1.29 is 0 Å². The first-order valence-corrected chi connectivity index (χ1v) is 6.62. The van der Waals surface area contributed by atoms with E-state index in [-0.39, 0.29) is 0 Å². The first kappa shape index (κ1) is 12.4. The summed E-state index contributed by atoms with van der Waals surface area (Å²) in [6, 6.07) is 8.86. The molecule has 0 N–H and O–H groups in total. The van der Waals surface area contributed by atoms with Crippen molar-refractivity contribution in [2.24, 2.45) is 5.10 Å². The van der Waals surface area contributed by atoms with Crippen LogP contribution >= 0.6 is 11.6 Å². The predicted molar refractivity (Wildman–Crippen MR) is 73.7 cm³/mol. The van der Waals surface area contributed by atoms with Gasteiger partial charge in [0.25, 0.3) is 0 Å². The van der Waals surface area contributed by atoms with Crippen molar-refractivity contribution in [3.63, 3.8) is 0 Å². The normalized spacial score (nSPS) is 25.5. The van der Waals surface area contributed by atoms with Crippen LogP contribution in [0.15, 0.2) is 29.4 Å². The van der Waals surface area contributed by atoms with Crippen molar-refractivity contribution in [1.29, 1.82) is 0 Å². The number of benzene rings is 1. The number of nitrogens with zero attached hydrogens (tertiary/aromatic N) is 2. The number of hydrogen-bond acceptors (Lipinski definition) is 2. The quantitative estimate of drug-likeness (QED) is 0.726. The van der Waals surface area contributed by atoms with Gasteiger partial charge in [-0.05, 0) is 50.8 Å². The molecule has 1 heterocycles. The Morgan fingerprint density at radius 2 is 2.00 bits per heavy atom. The van der Waals surface area contributed by atoms with Gasteiger partial charge in [0.2, 0.25) is 0 Å². The SMILES string of the molecule is CC1CCCC(C)N1/N=C/c1cccc(Cl)c1. The Hall–Kier alpha value is -1.02. The van der Waals surface area contributed by atoms with Crippen molar-refractivity contribution >= 4 is 17.8 Å². The smallest absolute Gasteiger partial charge is 0.0543 e. The lowest BCUT2D eigenvalue weighted by Gasteiger charge is -2.36. The first-order valence-electron chi connectivity index (χ1n) is 6.24. The van der Waals surface area contributed by atoms with Gasteiger partial charge in [0.05, 0.1) is 6.21 Å². The zero-order chi connectivity index (χ0) is 12.3. The Balaban J connectivity index is 2.08. The summed E-state index contributed by atoms with van der Waals surface area (Å²) in [4.78, 5) is 0. The maximum Gasteiger partial charge on any atom is 0.0543 e. The van der Waals surface area contributed by atoms with Crippen molar-refractivity contribution in [2.75, 3.05) is 0 Å². The van der Waals surface area contributed by atoms with E-state index in [0.29, 0.717) is 12.1 Å². The van der Waals surface area contributed by atoms with Gasteiger partial charge in [-0.2, -0.15) is 5.10 Å². The van der Waals surface area contributed by atoms with Crippen molar-refractivity contribution in [3.8, 4) is 0 Å². The molecule has 0 saturated carbocycles. The lowest BCUT2D eigenvalue weighted by atomic mass is 10.00. The molecule has 2 unspecified atom stereocenters. The molecule has 0 bridgehead atoms. The molecule has 2 rings (SSSR count). The summed E-state index contributed by atoms with van der Waals surface area (Å²) in [7, 11) is 0. The molecule has 1 aromatic rings. The lowest BCUT2D eigenvalue weighted by Crippen LogP contribution is -2.39. The van der Waals surface area contributed by atoms with Crippen LogP contribution in [0.1, 0.15) is 38.7 Å². The largest absolute Gasteiger partial charge is 0.292 e. The topological polar surface area (TPSA) is 15.6 Å². The standard InChI is InChI=1S/C14H19ClN2/c1-11-5-3-6-12(2)17(11)16-10-13-7-4-8-14(15)9-13/h4,7-12H,3,5-6H2,1-2H3/b16-10+. The molecule has 0 aliphatic carbocycles. The lowest BCUT2D eigenvalue weighted by molar-refractivity contribution is 0.109. The van der Waals surface area contributed by atoms with E-state index in [1.165, 1.54) is 19.3 Å². The second-order valence-corrected chi connectivity index (χ2v) is 5.24. The predicted octanol–water partition coefficient (Wildman–Crippen LogP) is 3.94. The zero-order valence-corrected chi connectivity index (χ0v) is 11.2. The van der Waals surface area contributed by atoms with E-state index >= 15 is 0 Å². The minimum Gasteiger partial charge on any atom is -0.292 e. The van der Waals surface area contributed by atoms with Gasteiger partial charge >= 0.3 is 0 Å². The maximum absolute atomic E-state index is 5.95. The fourth-order valence-electron chi connectivity index (χ4n) is 2.36. The van der Waals surface area contributed by atoms with Gasteiger partial charge in [-0.15, -0.1) is 0 Å². The average molecular weight is 251 g/mol. The fourth-order valence-corrected chi connectivity index (χ4v) is 2.55. The highest BCUT2D eigenvalue weighted by Gasteiger charge is 2.22. The molecule has 2 atom stereocenters. The molecule has 3 heteroatoms. The Labute approximate surface area is 108 Å². The molecule has 1 aliphatic heterocycles. The molecule has 0 spiro atoms. The molecule has 0 amide bonds. The fraction of sp³-hybridized carbons (Fsp3) is 0.500. The molecular formula is C14H19ClN2. The van der Waals surface area contributed by atoms with Crippen LogP contribution in [0, 0.1) is 0 Å². The van der Waals surface area contributed by atoms with Crippen LogP contribution in [-0.4, -0.2) is 23.3 Å². The summed E-state index contributed by atoms with van der Waals surface area (Å²) >= 11 is 5.95. The minimum atomic E-state index is 0.536. The zero-order valence-electron chi connectivity index (χ0n) is 10.4. The molecule has 0 radical (unpaired) electrons. The van der Waals surface area contributed by atoms with Crippen molar-refractivity contribution in [1.82, 2.24) is 5.01 Å². The Morgan fingerprint density at radius 3 is 2.65 bits per heavy atom. The molecule has 17 heavy (non-hydrogen) atoms. The molecule has 2 nitrogen and oxygen atoms in total. The van der Waals surface area contributed by atoms with Gasteiger partial charge in [0.15, 0.2) is 0 Å². The summed E-state index contributed by atoms with van der Waals surface area (Å²) in [6.07, 6.45) is 5.68. The maximum atomic E-state index is 5.95. The molecular weight excluding hydrogens is 232 g/mol. The summed E-state index contributed by atoms with van der Waals surface area (Å²) in [6.45, 7) is 4.48. The second kappa shape index (κ2) is 5.54. The summed E-state index contributed by atoms with van der Waals surface area (Å²) in [5.74, 6) is 0. The van der Waals surface area contributed by atoms with Gasteiger partial charge in [-0.3, -0.25) is 5.01 Å². The van der Waals surface area contributed by atoms with Crippen LogP contribution < -0.4 is 0 Å². The van der Waals surface area contributed by atoms with Crippen LogP contribution in [0.2, 0.25) is 5.02 Å². The van der Waals surface area contributed by atoms with E-state index in [0.717, 1.165) is 10.6 Å². The Morgan fingerprint density at radius 1 is 1.29 bits per heavy atom. The average Bonchev–Trinajstić information content (AvgIpc) is 2.28. The van der Waals surface area contributed by atoms with Gasteiger partial charge in [0.1, 0.15) is 0 Å². The van der Waals surface area contributed by atoms with Crippen LogP contribution in [0.5, 0.6) is 0 Å². The second-order valence-electron chi connectivity index (χ2n) is 4.81. The third-order valence-electron chi connectivity index (χ3n) is 3.34. The molecule has 1 saturated heterocycles. The van der Waals surface area contributed by atoms with E-state index in [1.54, 1.807) is 0 Å². The minimum absolute atomic E-state index is 0.536. The van der Waals surface area contributed by atoms with E-state index in [1.807, 2.05) is 30.5 Å². The number of halogens is 1. The van der Waals surface area contributed by atoms with E-state index < -0.39 is 0 Å². The number of rotatable bonds is 2. The molecule has 1 aromatic carbocycles. The molecule has 92 valence electrons. The Kier molecular flexibility index (Phi) is 4.06. The number of hydrazone groups is 1. The van der Waals surface area contributed by atoms with E-state index in [9.17, 15) is 0 Å². The summed E-state index contributed by atoms with van der Waals surface area (Å²) in [5.41, 5.74) is 1.06. The van der Waals surface area contributed by atoms with E-state index in [4.69, 9.17) is 11.6 Å². The van der Waals surface area contributed by atoms with Crippen molar-refractivity contribution in [2.45, 2.75) is 45.2 Å². The highest BCUT2D eigenvalue weighted by atomic mass is 35.5. The van der Waals surface area contributed by atoms with Crippen LogP contribution in [0.3, 0.4) is 0 Å². The van der Waals surface area contributed by atoms with Crippen LogP contribution in [0.4, 0.5) is 0 Å². The number of piperidine rings is 1. The van der Waals surface area contributed by atoms with Gasteiger partial charge in [-0.25, -0.2) is 0 Å². The van der Waals surface area contributed by atoms with Gasteiger partial charge in [-0.1, -0.05) is 23.7 Å². The van der Waals surface area contributed by atoms with Crippen LogP contribution in [-0.2, 0) is 0 Å². The third kappa shape index (κ3) is 3.22. The third-order valence-corrected chi connectivity index (χ3v) is 3.57.